The molecule has 1 aromatic rings. The Kier molecular flexibility index (Phi) is 4.59. The lowest BCUT2D eigenvalue weighted by atomic mass is 10.2. The summed E-state index contributed by atoms with van der Waals surface area (Å²) < 4.78 is 0. The van der Waals surface area contributed by atoms with Gasteiger partial charge in [-0.25, -0.2) is 0 Å². The number of hydrogen-bond donors (Lipinski definition) is 1. The van der Waals surface area contributed by atoms with Gasteiger partial charge >= 0.3 is 0 Å². The van der Waals surface area contributed by atoms with Gasteiger partial charge in [-0.15, -0.1) is 12.4 Å². The molecule has 1 aromatic carbocycles. The summed E-state index contributed by atoms with van der Waals surface area (Å²) in [4.78, 5) is 13.8. The number of nitrogens with one attached hydrogen (secondary N) is 1. The van der Waals surface area contributed by atoms with Crippen molar-refractivity contribution in [2.24, 2.45) is 0 Å². The number of halogens is 1. The molecule has 2 rings (SSSR count). The molecule has 15 heavy (non-hydrogen) atoms. The summed E-state index contributed by atoms with van der Waals surface area (Å²) in [5, 5.41) is 3.23. The molecule has 0 radical (unpaired) electrons. The van der Waals surface area contributed by atoms with Crippen LogP contribution in [0.1, 0.15) is 10.4 Å². The summed E-state index contributed by atoms with van der Waals surface area (Å²) in [5.41, 5.74) is 0.786. The van der Waals surface area contributed by atoms with Crippen LogP contribution in [0.5, 0.6) is 0 Å². The average molecular weight is 227 g/mol. The smallest absolute Gasteiger partial charge is 0.253 e. The van der Waals surface area contributed by atoms with Gasteiger partial charge in [-0.1, -0.05) is 18.2 Å². The van der Waals surface area contributed by atoms with Gasteiger partial charge in [-0.2, -0.15) is 0 Å². The topological polar surface area (TPSA) is 32.3 Å². The van der Waals surface area contributed by atoms with E-state index in [-0.39, 0.29) is 18.3 Å². The first-order valence-electron chi connectivity index (χ1n) is 4.93. The first kappa shape index (κ1) is 12.0. The van der Waals surface area contributed by atoms with Crippen LogP contribution in [-0.4, -0.2) is 37.0 Å². The molecular weight excluding hydrogens is 212 g/mol. The number of carbonyl (C=O) groups excluding carboxylic acids is 1. The maximum absolute atomic E-state index is 11.9. The highest BCUT2D eigenvalue weighted by Crippen LogP contribution is 2.05. The van der Waals surface area contributed by atoms with Crippen LogP contribution in [0.25, 0.3) is 0 Å². The quantitative estimate of drug-likeness (QED) is 0.780. The predicted octanol–water partition coefficient (Wildman–Crippen LogP) is 1.15. The number of benzene rings is 1. The zero-order chi connectivity index (χ0) is 9.80. The third-order valence-corrected chi connectivity index (χ3v) is 2.42. The van der Waals surface area contributed by atoms with E-state index in [0.29, 0.717) is 0 Å². The van der Waals surface area contributed by atoms with E-state index in [1.54, 1.807) is 0 Å². The minimum absolute atomic E-state index is 0. The lowest BCUT2D eigenvalue weighted by Gasteiger charge is -2.27. The normalized spacial score (nSPS) is 15.6. The van der Waals surface area contributed by atoms with Crippen LogP contribution in [0.3, 0.4) is 0 Å². The largest absolute Gasteiger partial charge is 0.336 e. The van der Waals surface area contributed by atoms with Gasteiger partial charge in [0.1, 0.15) is 0 Å². The van der Waals surface area contributed by atoms with Crippen molar-refractivity contribution in [1.29, 1.82) is 0 Å². The summed E-state index contributed by atoms with van der Waals surface area (Å²) in [6.07, 6.45) is 0. The Morgan fingerprint density at radius 1 is 1.13 bits per heavy atom. The van der Waals surface area contributed by atoms with Crippen molar-refractivity contribution < 1.29 is 4.79 Å². The van der Waals surface area contributed by atoms with Gasteiger partial charge < -0.3 is 10.2 Å². The van der Waals surface area contributed by atoms with Crippen molar-refractivity contribution in [1.82, 2.24) is 10.2 Å². The molecular formula is C11H15ClN2O. The molecule has 1 aliphatic rings. The molecule has 0 atom stereocenters. The molecule has 1 saturated heterocycles. The van der Waals surface area contributed by atoms with Gasteiger partial charge in [0.05, 0.1) is 0 Å². The van der Waals surface area contributed by atoms with Crippen LogP contribution in [0.4, 0.5) is 0 Å². The number of hydrogen-bond acceptors (Lipinski definition) is 2. The molecule has 0 spiro atoms. The van der Waals surface area contributed by atoms with Crippen molar-refractivity contribution in [3.63, 3.8) is 0 Å². The molecule has 0 saturated carbocycles. The molecule has 0 unspecified atom stereocenters. The minimum Gasteiger partial charge on any atom is -0.336 e. The number of piperazine rings is 1. The molecule has 0 aliphatic carbocycles. The van der Waals surface area contributed by atoms with Crippen molar-refractivity contribution in [2.45, 2.75) is 0 Å². The van der Waals surface area contributed by atoms with Crippen LogP contribution in [0, 0.1) is 0 Å². The van der Waals surface area contributed by atoms with Crippen LogP contribution in [0.15, 0.2) is 30.3 Å². The van der Waals surface area contributed by atoms with E-state index in [4.69, 9.17) is 0 Å². The number of carbonyl (C=O) groups is 1. The Morgan fingerprint density at radius 2 is 1.73 bits per heavy atom. The SMILES string of the molecule is Cl.O=C(c1ccccc1)N1CCNCC1. The van der Waals surface area contributed by atoms with Gasteiger partial charge in [-0.3, -0.25) is 4.79 Å². The van der Waals surface area contributed by atoms with Crippen LogP contribution in [0.2, 0.25) is 0 Å². The van der Waals surface area contributed by atoms with Crippen molar-refractivity contribution >= 4 is 18.3 Å². The van der Waals surface area contributed by atoms with Crippen molar-refractivity contribution in [3.8, 4) is 0 Å². The molecule has 1 amide bonds. The molecule has 3 nitrogen and oxygen atoms in total. The van der Waals surface area contributed by atoms with Gasteiger partial charge in [-0.05, 0) is 12.1 Å². The maximum atomic E-state index is 11.9. The maximum Gasteiger partial charge on any atom is 0.253 e. The van der Waals surface area contributed by atoms with Gasteiger partial charge in [0.25, 0.3) is 5.91 Å². The monoisotopic (exact) mass is 226 g/mol. The summed E-state index contributed by atoms with van der Waals surface area (Å²) in [6.45, 7) is 3.43. The third kappa shape index (κ3) is 2.94. The van der Waals surface area contributed by atoms with E-state index in [1.165, 1.54) is 0 Å². The molecule has 1 fully saturated rings. The van der Waals surface area contributed by atoms with E-state index in [2.05, 4.69) is 5.32 Å². The Morgan fingerprint density at radius 3 is 2.33 bits per heavy atom. The van der Waals surface area contributed by atoms with E-state index in [9.17, 15) is 4.79 Å². The summed E-state index contributed by atoms with van der Waals surface area (Å²) in [7, 11) is 0. The second-order valence-electron chi connectivity index (χ2n) is 3.41. The standard InChI is InChI=1S/C11H14N2O.ClH/c14-11(10-4-2-1-3-5-10)13-8-6-12-7-9-13;/h1-5,12H,6-9H2;1H. The molecule has 4 heteroatoms. The predicted molar refractivity (Wildman–Crippen MR) is 62.5 cm³/mol. The summed E-state index contributed by atoms with van der Waals surface area (Å²) in [5.74, 6) is 0.145. The summed E-state index contributed by atoms with van der Waals surface area (Å²) >= 11 is 0. The fourth-order valence-electron chi connectivity index (χ4n) is 1.63. The molecule has 1 aliphatic heterocycles. The highest BCUT2D eigenvalue weighted by Gasteiger charge is 2.16. The molecule has 0 bridgehead atoms. The minimum atomic E-state index is 0. The van der Waals surface area contributed by atoms with Crippen LogP contribution < -0.4 is 5.32 Å². The Hall–Kier alpha value is -1.06. The lowest BCUT2D eigenvalue weighted by Crippen LogP contribution is -2.46. The molecule has 82 valence electrons. The van der Waals surface area contributed by atoms with Crippen LogP contribution >= 0.6 is 12.4 Å². The molecule has 1 N–H and O–H groups in total. The van der Waals surface area contributed by atoms with Crippen molar-refractivity contribution in [2.75, 3.05) is 26.2 Å². The van der Waals surface area contributed by atoms with E-state index in [1.807, 2.05) is 35.2 Å². The lowest BCUT2D eigenvalue weighted by molar-refractivity contribution is 0.0736. The zero-order valence-electron chi connectivity index (χ0n) is 8.48. The third-order valence-electron chi connectivity index (χ3n) is 2.42. The van der Waals surface area contributed by atoms with Crippen molar-refractivity contribution in [3.05, 3.63) is 35.9 Å². The zero-order valence-corrected chi connectivity index (χ0v) is 9.30. The van der Waals surface area contributed by atoms with E-state index in [0.717, 1.165) is 31.7 Å². The van der Waals surface area contributed by atoms with E-state index < -0.39 is 0 Å². The highest BCUT2D eigenvalue weighted by molar-refractivity contribution is 5.94. The van der Waals surface area contributed by atoms with Gasteiger partial charge in [0.15, 0.2) is 0 Å². The Balaban J connectivity index is 0.00000112. The number of nitrogens with zero attached hydrogens (tertiary/aromatic N) is 1. The van der Waals surface area contributed by atoms with Gasteiger partial charge in [0.2, 0.25) is 0 Å². The molecule has 0 aromatic heterocycles. The Labute approximate surface area is 95.9 Å². The second kappa shape index (κ2) is 5.73. The Bertz CT molecular complexity index is 310. The molecule has 1 heterocycles. The number of rotatable bonds is 1. The van der Waals surface area contributed by atoms with Crippen LogP contribution in [-0.2, 0) is 0 Å². The summed E-state index contributed by atoms with van der Waals surface area (Å²) in [6, 6.07) is 9.45. The van der Waals surface area contributed by atoms with E-state index >= 15 is 0 Å². The fourth-order valence-corrected chi connectivity index (χ4v) is 1.63. The average Bonchev–Trinajstić information content (AvgIpc) is 2.30. The first-order valence-corrected chi connectivity index (χ1v) is 4.93. The number of amides is 1. The highest BCUT2D eigenvalue weighted by atomic mass is 35.5. The fraction of sp³-hybridized carbons (Fsp3) is 0.364. The first-order chi connectivity index (χ1) is 6.88. The second-order valence-corrected chi connectivity index (χ2v) is 3.41. The van der Waals surface area contributed by atoms with Gasteiger partial charge in [0, 0.05) is 31.7 Å².